The van der Waals surface area contributed by atoms with Crippen LogP contribution >= 0.6 is 11.3 Å². The van der Waals surface area contributed by atoms with E-state index in [0.717, 1.165) is 28.6 Å². The highest BCUT2D eigenvalue weighted by molar-refractivity contribution is 7.08. The van der Waals surface area contributed by atoms with Crippen molar-refractivity contribution < 1.29 is 0 Å². The summed E-state index contributed by atoms with van der Waals surface area (Å²) in [7, 11) is 0. The number of H-pyrrole nitrogens is 1. The predicted molar refractivity (Wildman–Crippen MR) is 87.9 cm³/mol. The largest absolute Gasteiger partial charge is 0.274 e. The Morgan fingerprint density at radius 2 is 2.14 bits per heavy atom. The van der Waals surface area contributed by atoms with Crippen LogP contribution in [0.5, 0.6) is 0 Å². The molecule has 0 bridgehead atoms. The molecule has 0 aromatic carbocycles. The summed E-state index contributed by atoms with van der Waals surface area (Å²) in [5.74, 6) is 2.39. The topological polar surface area (TPSA) is 59.4 Å². The number of nitrogens with one attached hydrogen (secondary N) is 1. The maximum absolute atomic E-state index is 4.79. The number of hydrogen-bond acceptors (Lipinski definition) is 4. The Hall–Kier alpha value is -1.95. The van der Waals surface area contributed by atoms with Crippen molar-refractivity contribution in [2.75, 3.05) is 0 Å². The van der Waals surface area contributed by atoms with Gasteiger partial charge >= 0.3 is 0 Å². The van der Waals surface area contributed by atoms with Gasteiger partial charge < -0.3 is 0 Å². The van der Waals surface area contributed by atoms with E-state index in [1.54, 1.807) is 11.3 Å². The third-order valence-electron chi connectivity index (χ3n) is 3.84. The zero-order chi connectivity index (χ0) is 15.3. The van der Waals surface area contributed by atoms with Crippen molar-refractivity contribution in [3.8, 4) is 22.8 Å². The van der Waals surface area contributed by atoms with Gasteiger partial charge in [0.25, 0.3) is 0 Å². The summed E-state index contributed by atoms with van der Waals surface area (Å²) >= 11 is 1.68. The maximum Gasteiger partial charge on any atom is 0.177 e. The van der Waals surface area contributed by atoms with E-state index in [1.807, 2.05) is 4.68 Å². The van der Waals surface area contributed by atoms with Crippen LogP contribution in [0.4, 0.5) is 0 Å². The quantitative estimate of drug-likeness (QED) is 0.794. The standard InChI is InChI=1S/C16H19N5S/c1-16(2,3)21-15(17-14(20-21)10-4-5-10)13-8-12(18-19-13)11-6-7-22-9-11/h6-10H,4-5H2,1-3H3,(H,18,19). The fraction of sp³-hybridized carbons (Fsp3) is 0.438. The Morgan fingerprint density at radius 3 is 2.77 bits per heavy atom. The Labute approximate surface area is 133 Å². The van der Waals surface area contributed by atoms with E-state index < -0.39 is 0 Å². The molecule has 1 fully saturated rings. The second-order valence-electron chi connectivity index (χ2n) is 6.83. The molecule has 0 unspecified atom stereocenters. The van der Waals surface area contributed by atoms with E-state index in [2.05, 4.69) is 53.9 Å². The van der Waals surface area contributed by atoms with Gasteiger partial charge in [-0.25, -0.2) is 9.67 Å². The van der Waals surface area contributed by atoms with Crippen LogP contribution in [0.25, 0.3) is 22.8 Å². The molecule has 0 saturated heterocycles. The van der Waals surface area contributed by atoms with Crippen LogP contribution in [0.15, 0.2) is 22.9 Å². The molecular formula is C16H19N5S. The monoisotopic (exact) mass is 313 g/mol. The Balaban J connectivity index is 1.78. The second-order valence-corrected chi connectivity index (χ2v) is 7.61. The van der Waals surface area contributed by atoms with Gasteiger partial charge in [0, 0.05) is 16.9 Å². The molecule has 3 heterocycles. The smallest absolute Gasteiger partial charge is 0.177 e. The molecule has 0 atom stereocenters. The first-order valence-electron chi connectivity index (χ1n) is 7.58. The van der Waals surface area contributed by atoms with Gasteiger partial charge in [-0.1, -0.05) is 0 Å². The molecule has 0 amide bonds. The van der Waals surface area contributed by atoms with E-state index >= 15 is 0 Å². The third-order valence-corrected chi connectivity index (χ3v) is 4.52. The summed E-state index contributed by atoms with van der Waals surface area (Å²) in [4.78, 5) is 4.79. The fourth-order valence-electron chi connectivity index (χ4n) is 2.48. The van der Waals surface area contributed by atoms with E-state index in [1.165, 1.54) is 12.8 Å². The maximum atomic E-state index is 4.79. The lowest BCUT2D eigenvalue weighted by Gasteiger charge is -2.20. The minimum absolute atomic E-state index is 0.108. The molecule has 22 heavy (non-hydrogen) atoms. The fourth-order valence-corrected chi connectivity index (χ4v) is 3.13. The van der Waals surface area contributed by atoms with Gasteiger partial charge in [-0.3, -0.25) is 5.10 Å². The number of aromatic nitrogens is 5. The normalized spacial score (nSPS) is 15.4. The zero-order valence-electron chi connectivity index (χ0n) is 13.0. The molecule has 0 radical (unpaired) electrons. The summed E-state index contributed by atoms with van der Waals surface area (Å²) in [6, 6.07) is 4.14. The molecule has 6 heteroatoms. The molecule has 1 N–H and O–H groups in total. The Bertz CT molecular complexity index is 787. The molecule has 3 aromatic heterocycles. The van der Waals surface area contributed by atoms with Crippen molar-refractivity contribution >= 4 is 11.3 Å². The first kappa shape index (κ1) is 13.7. The minimum atomic E-state index is -0.108. The van der Waals surface area contributed by atoms with Crippen LogP contribution < -0.4 is 0 Å². The van der Waals surface area contributed by atoms with Gasteiger partial charge in [0.05, 0.1) is 11.2 Å². The molecule has 114 valence electrons. The highest BCUT2D eigenvalue weighted by atomic mass is 32.1. The molecule has 0 aliphatic heterocycles. The van der Waals surface area contributed by atoms with E-state index in [0.29, 0.717) is 5.92 Å². The minimum Gasteiger partial charge on any atom is -0.274 e. The van der Waals surface area contributed by atoms with E-state index in [-0.39, 0.29) is 5.54 Å². The number of hydrogen-bond donors (Lipinski definition) is 1. The molecule has 1 aliphatic rings. The van der Waals surface area contributed by atoms with Gasteiger partial charge in [0.2, 0.25) is 0 Å². The van der Waals surface area contributed by atoms with E-state index in [4.69, 9.17) is 10.1 Å². The SMILES string of the molecule is CC(C)(C)n1nc(C2CC2)nc1-c1cc(-c2ccsc2)n[nH]1. The highest BCUT2D eigenvalue weighted by Gasteiger charge is 2.31. The first-order chi connectivity index (χ1) is 10.5. The van der Waals surface area contributed by atoms with Crippen molar-refractivity contribution in [2.24, 2.45) is 0 Å². The van der Waals surface area contributed by atoms with Gasteiger partial charge in [-0.05, 0) is 51.1 Å². The van der Waals surface area contributed by atoms with Crippen molar-refractivity contribution in [1.29, 1.82) is 0 Å². The molecular weight excluding hydrogens is 294 g/mol. The average molecular weight is 313 g/mol. The second kappa shape index (κ2) is 4.78. The molecule has 0 spiro atoms. The lowest BCUT2D eigenvalue weighted by atomic mass is 10.1. The van der Waals surface area contributed by atoms with Crippen molar-refractivity contribution in [1.82, 2.24) is 25.0 Å². The number of aromatic amines is 1. The number of rotatable bonds is 3. The van der Waals surface area contributed by atoms with Crippen molar-refractivity contribution in [2.45, 2.75) is 45.1 Å². The van der Waals surface area contributed by atoms with Crippen LogP contribution in [-0.2, 0) is 5.54 Å². The Morgan fingerprint density at radius 1 is 1.32 bits per heavy atom. The summed E-state index contributed by atoms with van der Waals surface area (Å²) < 4.78 is 2.02. The third kappa shape index (κ3) is 2.37. The average Bonchev–Trinajstić information content (AvgIpc) is 2.95. The molecule has 4 rings (SSSR count). The lowest BCUT2D eigenvalue weighted by Crippen LogP contribution is -2.24. The van der Waals surface area contributed by atoms with Gasteiger partial charge in [0.15, 0.2) is 11.6 Å². The van der Waals surface area contributed by atoms with Crippen molar-refractivity contribution in [3.63, 3.8) is 0 Å². The van der Waals surface area contributed by atoms with Gasteiger partial charge in [-0.2, -0.15) is 21.5 Å². The summed E-state index contributed by atoms with van der Waals surface area (Å²) in [5, 5.41) is 16.5. The Kier molecular flexibility index (Phi) is 2.97. The summed E-state index contributed by atoms with van der Waals surface area (Å²) in [6.07, 6.45) is 2.41. The first-order valence-corrected chi connectivity index (χ1v) is 8.52. The van der Waals surface area contributed by atoms with Crippen molar-refractivity contribution in [3.05, 3.63) is 28.7 Å². The van der Waals surface area contributed by atoms with Crippen LogP contribution in [0, 0.1) is 0 Å². The van der Waals surface area contributed by atoms with Crippen LogP contribution in [-0.4, -0.2) is 25.0 Å². The molecule has 1 aliphatic carbocycles. The lowest BCUT2D eigenvalue weighted by molar-refractivity contribution is 0.357. The van der Waals surface area contributed by atoms with E-state index in [9.17, 15) is 0 Å². The van der Waals surface area contributed by atoms with Crippen LogP contribution in [0.1, 0.15) is 45.4 Å². The van der Waals surface area contributed by atoms with Crippen LogP contribution in [0.2, 0.25) is 0 Å². The number of nitrogens with zero attached hydrogens (tertiary/aromatic N) is 4. The molecule has 1 saturated carbocycles. The number of thiophene rings is 1. The zero-order valence-corrected chi connectivity index (χ0v) is 13.8. The molecule has 3 aromatic rings. The summed E-state index contributed by atoms with van der Waals surface area (Å²) in [6.45, 7) is 6.45. The predicted octanol–water partition coefficient (Wildman–Crippen LogP) is 4.03. The van der Waals surface area contributed by atoms with Gasteiger partial charge in [0.1, 0.15) is 5.69 Å². The van der Waals surface area contributed by atoms with Crippen LogP contribution in [0.3, 0.4) is 0 Å². The summed E-state index contributed by atoms with van der Waals surface area (Å²) in [5.41, 5.74) is 2.91. The van der Waals surface area contributed by atoms with Gasteiger partial charge in [-0.15, -0.1) is 0 Å². The highest BCUT2D eigenvalue weighted by Crippen LogP contribution is 2.39. The molecule has 5 nitrogen and oxygen atoms in total.